The van der Waals surface area contributed by atoms with Gasteiger partial charge in [0.1, 0.15) is 5.58 Å². The average molecular weight is 700 g/mol. The van der Waals surface area contributed by atoms with E-state index in [1.165, 1.54) is 66.4 Å². The normalized spacial score (nSPS) is 13.2. The minimum absolute atomic E-state index is 0.368. The molecule has 10 aromatic rings. The van der Waals surface area contributed by atoms with Crippen molar-refractivity contribution in [2.75, 3.05) is 4.90 Å². The molecule has 1 spiro atoms. The molecule has 2 heteroatoms. The summed E-state index contributed by atoms with van der Waals surface area (Å²) in [6.45, 7) is 0. The molecule has 0 aliphatic heterocycles. The zero-order valence-electron chi connectivity index (χ0n) is 29.9. The highest BCUT2D eigenvalue weighted by atomic mass is 16.3. The Hall–Kier alpha value is -7.16. The Labute approximate surface area is 319 Å². The zero-order chi connectivity index (χ0) is 36.1. The van der Waals surface area contributed by atoms with E-state index in [1.54, 1.807) is 0 Å². The van der Waals surface area contributed by atoms with Crippen molar-refractivity contribution >= 4 is 49.8 Å². The van der Waals surface area contributed by atoms with Crippen molar-refractivity contribution in [3.05, 3.63) is 222 Å². The molecule has 0 amide bonds. The number of rotatable bonds is 4. The Bertz CT molecular complexity index is 3100. The molecule has 1 aromatic heterocycles. The first-order chi connectivity index (χ1) is 27.3. The van der Waals surface area contributed by atoms with Crippen LogP contribution in [0.3, 0.4) is 0 Å². The van der Waals surface area contributed by atoms with E-state index in [0.29, 0.717) is 0 Å². The summed E-state index contributed by atoms with van der Waals surface area (Å²) in [6.07, 6.45) is 0. The monoisotopic (exact) mass is 699 g/mol. The van der Waals surface area contributed by atoms with Crippen LogP contribution in [0.5, 0.6) is 0 Å². The Morgan fingerprint density at radius 1 is 0.364 bits per heavy atom. The fourth-order valence-electron chi connectivity index (χ4n) is 9.73. The molecule has 0 bridgehead atoms. The summed E-state index contributed by atoms with van der Waals surface area (Å²) in [6, 6.07) is 73.2. The number of para-hydroxylation sites is 2. The Morgan fingerprint density at radius 2 is 0.927 bits per heavy atom. The third-order valence-electron chi connectivity index (χ3n) is 12.1. The standard InChI is InChI=1S/C53H33NO/c1-2-13-36-32-39(30-26-34(36)12-1)54(50-22-11-18-45-44-17-6-10-23-51(44)55-52(45)50)38-28-24-35(25-29-38)37-27-31-43-42-16-5-9-21-48(42)53(49(43)33-37)46-19-7-3-14-40(46)41-15-4-8-20-47(41)53/h1-33H. The molecular weight excluding hydrogens is 667 g/mol. The molecule has 1 heterocycles. The first kappa shape index (κ1) is 30.3. The third kappa shape index (κ3) is 4.19. The van der Waals surface area contributed by atoms with Gasteiger partial charge in [0, 0.05) is 22.1 Å². The van der Waals surface area contributed by atoms with Crippen LogP contribution in [-0.2, 0) is 5.41 Å². The van der Waals surface area contributed by atoms with Crippen molar-refractivity contribution in [1.82, 2.24) is 0 Å². The number of hydrogen-bond donors (Lipinski definition) is 0. The molecule has 0 fully saturated rings. The van der Waals surface area contributed by atoms with Crippen LogP contribution >= 0.6 is 0 Å². The zero-order valence-corrected chi connectivity index (χ0v) is 29.9. The lowest BCUT2D eigenvalue weighted by Gasteiger charge is -2.30. The van der Waals surface area contributed by atoms with E-state index < -0.39 is 0 Å². The summed E-state index contributed by atoms with van der Waals surface area (Å²) in [4.78, 5) is 2.33. The van der Waals surface area contributed by atoms with Crippen molar-refractivity contribution in [3.8, 4) is 33.4 Å². The Kier molecular flexibility index (Phi) is 6.29. The SMILES string of the molecule is c1ccc2c(c1)-c1ccccc1C21c2ccccc2-c2ccc(-c3ccc(N(c4ccc5ccccc5c4)c4cccc5c4oc4ccccc45)cc3)cc21. The lowest BCUT2D eigenvalue weighted by atomic mass is 9.70. The predicted octanol–water partition coefficient (Wildman–Crippen LogP) is 14.2. The van der Waals surface area contributed by atoms with Crippen LogP contribution in [-0.4, -0.2) is 0 Å². The Balaban J connectivity index is 1.03. The van der Waals surface area contributed by atoms with Crippen molar-refractivity contribution < 1.29 is 4.42 Å². The summed E-state index contributed by atoms with van der Waals surface area (Å²) in [5.74, 6) is 0. The molecule has 0 N–H and O–H groups in total. The molecule has 55 heavy (non-hydrogen) atoms. The summed E-state index contributed by atoms with van der Waals surface area (Å²) in [7, 11) is 0. The first-order valence-corrected chi connectivity index (χ1v) is 19.0. The van der Waals surface area contributed by atoms with Gasteiger partial charge in [-0.05, 0) is 109 Å². The number of hydrogen-bond acceptors (Lipinski definition) is 2. The summed E-state index contributed by atoms with van der Waals surface area (Å²) in [5, 5.41) is 4.64. The van der Waals surface area contributed by atoms with Crippen molar-refractivity contribution in [2.45, 2.75) is 5.41 Å². The van der Waals surface area contributed by atoms with Gasteiger partial charge in [0.25, 0.3) is 0 Å². The van der Waals surface area contributed by atoms with E-state index in [9.17, 15) is 0 Å². The quantitative estimate of drug-likeness (QED) is 0.182. The largest absolute Gasteiger partial charge is 0.454 e. The van der Waals surface area contributed by atoms with Crippen LogP contribution in [0.25, 0.3) is 66.1 Å². The Morgan fingerprint density at radius 3 is 1.65 bits per heavy atom. The van der Waals surface area contributed by atoms with Gasteiger partial charge in [-0.2, -0.15) is 0 Å². The maximum absolute atomic E-state index is 6.61. The number of benzene rings is 9. The highest BCUT2D eigenvalue weighted by Gasteiger charge is 2.51. The fraction of sp³-hybridized carbons (Fsp3) is 0.0189. The van der Waals surface area contributed by atoms with Gasteiger partial charge in [-0.1, -0.05) is 158 Å². The molecular formula is C53H33NO. The summed E-state index contributed by atoms with van der Waals surface area (Å²) >= 11 is 0. The molecule has 2 aliphatic carbocycles. The third-order valence-corrected chi connectivity index (χ3v) is 12.1. The maximum Gasteiger partial charge on any atom is 0.159 e. The van der Waals surface area contributed by atoms with Crippen molar-refractivity contribution in [1.29, 1.82) is 0 Å². The number of fused-ring (bicyclic) bond motifs is 14. The van der Waals surface area contributed by atoms with Gasteiger partial charge in [0.2, 0.25) is 0 Å². The van der Waals surface area contributed by atoms with Gasteiger partial charge in [0.15, 0.2) is 5.58 Å². The lowest BCUT2D eigenvalue weighted by molar-refractivity contribution is 0.669. The van der Waals surface area contributed by atoms with Gasteiger partial charge in [-0.3, -0.25) is 0 Å². The van der Waals surface area contributed by atoms with Crippen LogP contribution in [0.4, 0.5) is 17.1 Å². The van der Waals surface area contributed by atoms with E-state index in [0.717, 1.165) is 39.0 Å². The van der Waals surface area contributed by atoms with E-state index in [-0.39, 0.29) is 5.41 Å². The van der Waals surface area contributed by atoms with Crippen LogP contribution in [0.15, 0.2) is 205 Å². The van der Waals surface area contributed by atoms with Crippen molar-refractivity contribution in [3.63, 3.8) is 0 Å². The molecule has 256 valence electrons. The maximum atomic E-state index is 6.61. The van der Waals surface area contributed by atoms with Gasteiger partial charge in [-0.15, -0.1) is 0 Å². The molecule has 0 atom stereocenters. The topological polar surface area (TPSA) is 16.4 Å². The fourth-order valence-corrected chi connectivity index (χ4v) is 9.73. The van der Waals surface area contributed by atoms with E-state index in [2.05, 4.69) is 199 Å². The van der Waals surface area contributed by atoms with Gasteiger partial charge >= 0.3 is 0 Å². The predicted molar refractivity (Wildman–Crippen MR) is 228 cm³/mol. The molecule has 0 unspecified atom stereocenters. The number of anilines is 3. The van der Waals surface area contributed by atoms with E-state index in [4.69, 9.17) is 4.42 Å². The van der Waals surface area contributed by atoms with Gasteiger partial charge < -0.3 is 9.32 Å². The van der Waals surface area contributed by atoms with Gasteiger partial charge in [0.05, 0.1) is 11.1 Å². The number of nitrogens with zero attached hydrogens (tertiary/aromatic N) is 1. The van der Waals surface area contributed by atoms with Crippen molar-refractivity contribution in [2.24, 2.45) is 0 Å². The molecule has 0 saturated carbocycles. The molecule has 2 nitrogen and oxygen atoms in total. The molecule has 0 saturated heterocycles. The lowest BCUT2D eigenvalue weighted by Crippen LogP contribution is -2.25. The minimum atomic E-state index is -0.368. The van der Waals surface area contributed by atoms with E-state index >= 15 is 0 Å². The smallest absolute Gasteiger partial charge is 0.159 e. The second-order valence-corrected chi connectivity index (χ2v) is 14.8. The summed E-state index contributed by atoms with van der Waals surface area (Å²) < 4.78 is 6.61. The molecule has 9 aromatic carbocycles. The average Bonchev–Trinajstić information content (AvgIpc) is 3.88. The van der Waals surface area contributed by atoms with E-state index in [1.807, 2.05) is 6.07 Å². The first-order valence-electron chi connectivity index (χ1n) is 19.0. The second kappa shape index (κ2) is 11.4. The van der Waals surface area contributed by atoms with Crippen LogP contribution < -0.4 is 4.90 Å². The highest BCUT2D eigenvalue weighted by molar-refractivity contribution is 6.10. The second-order valence-electron chi connectivity index (χ2n) is 14.8. The summed E-state index contributed by atoms with van der Waals surface area (Å²) in [5.41, 5.74) is 17.6. The molecule has 2 aliphatic rings. The van der Waals surface area contributed by atoms with Crippen LogP contribution in [0.2, 0.25) is 0 Å². The highest BCUT2D eigenvalue weighted by Crippen LogP contribution is 2.63. The molecule has 12 rings (SSSR count). The number of furan rings is 1. The van der Waals surface area contributed by atoms with Gasteiger partial charge in [-0.25, -0.2) is 0 Å². The van der Waals surface area contributed by atoms with Crippen LogP contribution in [0.1, 0.15) is 22.3 Å². The van der Waals surface area contributed by atoms with Crippen LogP contribution in [0, 0.1) is 0 Å². The minimum Gasteiger partial charge on any atom is -0.454 e. The molecule has 0 radical (unpaired) electrons.